The molecule has 0 aromatic heterocycles. The van der Waals surface area contributed by atoms with Gasteiger partial charge in [0, 0.05) is 19.1 Å². The normalized spacial score (nSPS) is 21.3. The van der Waals surface area contributed by atoms with Gasteiger partial charge in [-0.15, -0.1) is 0 Å². The van der Waals surface area contributed by atoms with Gasteiger partial charge in [-0.25, -0.2) is 13.2 Å². The number of aliphatic carboxylic acids is 1. The van der Waals surface area contributed by atoms with Gasteiger partial charge in [-0.1, -0.05) is 0 Å². The van der Waals surface area contributed by atoms with Crippen molar-refractivity contribution in [2.24, 2.45) is 0 Å². The number of hydrogen-bond acceptors (Lipinski definition) is 5. The lowest BCUT2D eigenvalue weighted by atomic mass is 10.2. The molecule has 0 radical (unpaired) electrons. The number of urea groups is 1. The van der Waals surface area contributed by atoms with E-state index < -0.39 is 34.3 Å². The first-order valence-electron chi connectivity index (χ1n) is 6.78. The lowest BCUT2D eigenvalue weighted by Crippen LogP contribution is -2.57. The topological polar surface area (TPSA) is 115 Å². The first-order valence-corrected chi connectivity index (χ1v) is 8.60. The molecule has 0 aliphatic carbocycles. The van der Waals surface area contributed by atoms with Crippen LogP contribution >= 0.6 is 0 Å². The van der Waals surface area contributed by atoms with Crippen LogP contribution in [0.4, 0.5) is 4.79 Å². The highest BCUT2D eigenvalue weighted by atomic mass is 32.2. The molecule has 1 fully saturated rings. The zero-order chi connectivity index (χ0) is 16.2. The minimum atomic E-state index is -3.33. The van der Waals surface area contributed by atoms with Crippen LogP contribution < -0.4 is 0 Å². The minimum Gasteiger partial charge on any atom is -0.481 e. The van der Waals surface area contributed by atoms with Crippen LogP contribution in [0.15, 0.2) is 0 Å². The van der Waals surface area contributed by atoms with E-state index in [2.05, 4.69) is 0 Å². The number of rotatable bonds is 5. The van der Waals surface area contributed by atoms with Gasteiger partial charge in [0.1, 0.15) is 0 Å². The van der Waals surface area contributed by atoms with Crippen molar-refractivity contribution in [1.82, 2.24) is 9.80 Å². The molecule has 1 aliphatic rings. The second kappa shape index (κ2) is 7.08. The molecule has 122 valence electrons. The summed E-state index contributed by atoms with van der Waals surface area (Å²) >= 11 is 0. The Morgan fingerprint density at radius 1 is 1.38 bits per heavy atom. The van der Waals surface area contributed by atoms with Crippen LogP contribution in [0.2, 0.25) is 0 Å². The maximum absolute atomic E-state index is 12.5. The van der Waals surface area contributed by atoms with Gasteiger partial charge in [0.15, 0.2) is 9.84 Å². The molecule has 0 saturated carbocycles. The Balaban J connectivity index is 2.95. The molecule has 0 aromatic rings. The van der Waals surface area contributed by atoms with E-state index in [1.54, 1.807) is 13.8 Å². The van der Waals surface area contributed by atoms with Crippen LogP contribution in [-0.2, 0) is 14.6 Å². The number of carbonyl (C=O) groups excluding carboxylic acids is 1. The van der Waals surface area contributed by atoms with Gasteiger partial charge in [-0.05, 0) is 13.8 Å². The van der Waals surface area contributed by atoms with Gasteiger partial charge < -0.3 is 20.0 Å². The number of hydrogen-bond donors (Lipinski definition) is 2. The van der Waals surface area contributed by atoms with Gasteiger partial charge in [0.05, 0.1) is 30.6 Å². The number of aliphatic hydroxyl groups is 1. The summed E-state index contributed by atoms with van der Waals surface area (Å²) in [5, 5.41) is 17.9. The van der Waals surface area contributed by atoms with E-state index in [1.807, 2.05) is 0 Å². The summed E-state index contributed by atoms with van der Waals surface area (Å²) in [5.41, 5.74) is 0. The Bertz CT molecular complexity index is 490. The van der Waals surface area contributed by atoms with Gasteiger partial charge in [-0.2, -0.15) is 0 Å². The maximum Gasteiger partial charge on any atom is 0.320 e. The molecule has 1 heterocycles. The second-order valence-electron chi connectivity index (χ2n) is 5.35. The largest absolute Gasteiger partial charge is 0.481 e. The highest BCUT2D eigenvalue weighted by molar-refractivity contribution is 7.91. The van der Waals surface area contributed by atoms with Gasteiger partial charge in [0.2, 0.25) is 0 Å². The molecule has 8 nitrogen and oxygen atoms in total. The van der Waals surface area contributed by atoms with Gasteiger partial charge >= 0.3 is 12.0 Å². The lowest BCUT2D eigenvalue weighted by Gasteiger charge is -2.39. The summed E-state index contributed by atoms with van der Waals surface area (Å²) in [6.07, 6.45) is -0.407. The van der Waals surface area contributed by atoms with Crippen molar-refractivity contribution >= 4 is 21.8 Å². The van der Waals surface area contributed by atoms with Gasteiger partial charge in [0.25, 0.3) is 0 Å². The van der Waals surface area contributed by atoms with E-state index in [9.17, 15) is 18.0 Å². The number of nitrogens with zero attached hydrogens (tertiary/aromatic N) is 2. The molecule has 9 heteroatoms. The standard InChI is InChI=1S/C12H22N2O6S/c1-9(2)13(3-5-15)12(18)14-4-6-21(19,20)8-10(14)7-11(16)17/h9-10,15H,3-8H2,1-2H3,(H,16,17). The van der Waals surface area contributed by atoms with Crippen LogP contribution in [0.1, 0.15) is 20.3 Å². The molecule has 0 spiro atoms. The Morgan fingerprint density at radius 2 is 2.00 bits per heavy atom. The third kappa shape index (κ3) is 4.85. The Morgan fingerprint density at radius 3 is 2.48 bits per heavy atom. The van der Waals surface area contributed by atoms with E-state index in [0.717, 1.165) is 0 Å². The number of carbonyl (C=O) groups is 2. The highest BCUT2D eigenvalue weighted by Gasteiger charge is 2.37. The first-order chi connectivity index (χ1) is 9.68. The lowest BCUT2D eigenvalue weighted by molar-refractivity contribution is -0.138. The fraction of sp³-hybridized carbons (Fsp3) is 0.833. The Hall–Kier alpha value is -1.35. The monoisotopic (exact) mass is 322 g/mol. The quantitative estimate of drug-likeness (QED) is 0.697. The van der Waals surface area contributed by atoms with Crippen LogP contribution in [0.25, 0.3) is 0 Å². The van der Waals surface area contributed by atoms with Crippen LogP contribution in [0.5, 0.6) is 0 Å². The molecular weight excluding hydrogens is 300 g/mol. The fourth-order valence-corrected chi connectivity index (χ4v) is 3.88. The molecule has 0 aromatic carbocycles. The smallest absolute Gasteiger partial charge is 0.320 e. The zero-order valence-corrected chi connectivity index (χ0v) is 13.0. The third-order valence-electron chi connectivity index (χ3n) is 3.40. The molecule has 2 amide bonds. The maximum atomic E-state index is 12.5. The van der Waals surface area contributed by atoms with Crippen molar-refractivity contribution < 1.29 is 28.2 Å². The molecular formula is C12H22N2O6S. The van der Waals surface area contributed by atoms with Crippen LogP contribution in [0, 0.1) is 0 Å². The van der Waals surface area contributed by atoms with Gasteiger partial charge in [-0.3, -0.25) is 4.79 Å². The van der Waals surface area contributed by atoms with E-state index in [4.69, 9.17) is 10.2 Å². The molecule has 1 saturated heterocycles. The fourth-order valence-electron chi connectivity index (χ4n) is 2.36. The number of carboxylic acids is 1. The zero-order valence-electron chi connectivity index (χ0n) is 12.2. The predicted molar refractivity (Wildman–Crippen MR) is 75.7 cm³/mol. The molecule has 2 N–H and O–H groups in total. The van der Waals surface area contributed by atoms with Crippen molar-refractivity contribution in [3.8, 4) is 0 Å². The molecule has 1 rings (SSSR count). The molecule has 1 aliphatic heterocycles. The van der Waals surface area contributed by atoms with Crippen molar-refractivity contribution in [3.05, 3.63) is 0 Å². The first kappa shape index (κ1) is 17.7. The molecule has 1 atom stereocenters. The van der Waals surface area contributed by atoms with Crippen LogP contribution in [0.3, 0.4) is 0 Å². The average Bonchev–Trinajstić information content (AvgIpc) is 2.33. The number of sulfone groups is 1. The molecule has 21 heavy (non-hydrogen) atoms. The van der Waals surface area contributed by atoms with Crippen molar-refractivity contribution in [2.45, 2.75) is 32.4 Å². The van der Waals surface area contributed by atoms with E-state index >= 15 is 0 Å². The number of amides is 2. The molecule has 1 unspecified atom stereocenters. The van der Waals surface area contributed by atoms with E-state index in [-0.39, 0.29) is 37.2 Å². The number of aliphatic hydroxyl groups excluding tert-OH is 1. The summed E-state index contributed by atoms with van der Waals surface area (Å²) in [6, 6.07) is -1.47. The highest BCUT2D eigenvalue weighted by Crippen LogP contribution is 2.18. The summed E-state index contributed by atoms with van der Waals surface area (Å²) in [7, 11) is -3.33. The molecule has 0 bridgehead atoms. The van der Waals surface area contributed by atoms with E-state index in [1.165, 1.54) is 9.80 Å². The summed E-state index contributed by atoms with van der Waals surface area (Å²) < 4.78 is 23.3. The number of carboxylic acid groups (broad SMARTS) is 1. The third-order valence-corrected chi connectivity index (χ3v) is 5.09. The van der Waals surface area contributed by atoms with Crippen molar-refractivity contribution in [2.75, 3.05) is 31.2 Å². The summed E-state index contributed by atoms with van der Waals surface area (Å²) in [4.78, 5) is 26.1. The SMILES string of the molecule is CC(C)N(CCO)C(=O)N1CCS(=O)(=O)CC1CC(=O)O. The van der Waals surface area contributed by atoms with Crippen molar-refractivity contribution in [3.63, 3.8) is 0 Å². The minimum absolute atomic E-state index is 0.0201. The average molecular weight is 322 g/mol. The van der Waals surface area contributed by atoms with Crippen molar-refractivity contribution in [1.29, 1.82) is 0 Å². The predicted octanol–water partition coefficient (Wildman–Crippen LogP) is -0.617. The van der Waals surface area contributed by atoms with Crippen LogP contribution in [-0.4, -0.2) is 83.7 Å². The van der Waals surface area contributed by atoms with E-state index in [0.29, 0.717) is 0 Å². The Kier molecular flexibility index (Phi) is 5.97. The summed E-state index contributed by atoms with van der Waals surface area (Å²) in [5.74, 6) is -1.65. The Labute approximate surface area is 124 Å². The second-order valence-corrected chi connectivity index (χ2v) is 7.58. The summed E-state index contributed by atoms with van der Waals surface area (Å²) in [6.45, 7) is 3.45.